The van der Waals surface area contributed by atoms with Crippen molar-refractivity contribution in [1.29, 1.82) is 0 Å². The van der Waals surface area contributed by atoms with E-state index < -0.39 is 11.9 Å². The number of amides is 2. The largest absolute Gasteiger partial charge is 0.491 e. The molecule has 1 aliphatic heterocycles. The molecule has 126 valence electrons. The lowest BCUT2D eigenvalue weighted by molar-refractivity contribution is -0.135. The molecule has 0 unspecified atom stereocenters. The van der Waals surface area contributed by atoms with Crippen LogP contribution in [0.3, 0.4) is 0 Å². The number of carbonyl (C=O) groups excluding carboxylic acids is 2. The summed E-state index contributed by atoms with van der Waals surface area (Å²) in [5, 5.41) is 3.06. The lowest BCUT2D eigenvalue weighted by atomic mass is 10.2. The molecule has 7 nitrogen and oxygen atoms in total. The van der Waals surface area contributed by atoms with Crippen LogP contribution in [-0.2, 0) is 14.3 Å². The Balaban J connectivity index is 1.86. The highest BCUT2D eigenvalue weighted by atomic mass is 16.5. The van der Waals surface area contributed by atoms with E-state index in [1.165, 1.54) is 0 Å². The molecule has 1 atom stereocenters. The van der Waals surface area contributed by atoms with E-state index in [-0.39, 0.29) is 12.5 Å². The maximum absolute atomic E-state index is 12.2. The lowest BCUT2D eigenvalue weighted by Crippen LogP contribution is -2.45. The number of methoxy groups -OCH3 is 1. The molecular weight excluding hydrogens is 298 g/mol. The maximum atomic E-state index is 12.2. The highest BCUT2D eigenvalue weighted by molar-refractivity contribution is 5.89. The molecule has 1 aromatic carbocycles. The molecule has 1 aliphatic rings. The number of hydrogen-bond acceptors (Lipinski definition) is 5. The SMILES string of the molecule is COCCOc1cccc(NCC(=O)N2CCC[C@H]2C(N)=O)c1. The van der Waals surface area contributed by atoms with E-state index in [1.807, 2.05) is 24.3 Å². The van der Waals surface area contributed by atoms with Crippen molar-refractivity contribution in [2.45, 2.75) is 18.9 Å². The molecule has 0 saturated carbocycles. The van der Waals surface area contributed by atoms with Crippen LogP contribution >= 0.6 is 0 Å². The van der Waals surface area contributed by atoms with Crippen molar-refractivity contribution in [3.63, 3.8) is 0 Å². The fourth-order valence-electron chi connectivity index (χ4n) is 2.58. The normalized spacial score (nSPS) is 17.1. The second kappa shape index (κ2) is 8.38. The molecule has 1 heterocycles. The topological polar surface area (TPSA) is 93.9 Å². The molecule has 1 aromatic rings. The first-order valence-electron chi connectivity index (χ1n) is 7.66. The van der Waals surface area contributed by atoms with Gasteiger partial charge >= 0.3 is 0 Å². The second-order valence-corrected chi connectivity index (χ2v) is 5.37. The van der Waals surface area contributed by atoms with Crippen LogP contribution in [0.4, 0.5) is 5.69 Å². The van der Waals surface area contributed by atoms with Gasteiger partial charge in [0, 0.05) is 25.4 Å². The quantitative estimate of drug-likeness (QED) is 0.684. The molecule has 0 bridgehead atoms. The van der Waals surface area contributed by atoms with Crippen molar-refractivity contribution in [2.24, 2.45) is 5.73 Å². The molecule has 7 heteroatoms. The zero-order valence-electron chi connectivity index (χ0n) is 13.3. The molecular formula is C16H23N3O4. The van der Waals surface area contributed by atoms with Crippen LogP contribution in [0.25, 0.3) is 0 Å². The summed E-state index contributed by atoms with van der Waals surface area (Å²) in [6.07, 6.45) is 1.45. The van der Waals surface area contributed by atoms with E-state index in [4.69, 9.17) is 15.2 Å². The predicted octanol–water partition coefficient (Wildman–Crippen LogP) is 0.600. The maximum Gasteiger partial charge on any atom is 0.242 e. The number of nitrogens with zero attached hydrogens (tertiary/aromatic N) is 1. The molecule has 0 radical (unpaired) electrons. The van der Waals surface area contributed by atoms with E-state index in [0.717, 1.165) is 12.1 Å². The van der Waals surface area contributed by atoms with E-state index in [0.29, 0.717) is 31.9 Å². The van der Waals surface area contributed by atoms with Crippen LogP contribution in [0.5, 0.6) is 5.75 Å². The van der Waals surface area contributed by atoms with Gasteiger partial charge in [0.2, 0.25) is 11.8 Å². The van der Waals surface area contributed by atoms with Gasteiger partial charge < -0.3 is 25.4 Å². The van der Waals surface area contributed by atoms with Crippen LogP contribution in [0.15, 0.2) is 24.3 Å². The Kier molecular flexibility index (Phi) is 6.22. The summed E-state index contributed by atoms with van der Waals surface area (Å²) < 4.78 is 10.5. The van der Waals surface area contributed by atoms with Gasteiger partial charge in [-0.2, -0.15) is 0 Å². The molecule has 3 N–H and O–H groups in total. The fourth-order valence-corrected chi connectivity index (χ4v) is 2.58. The number of likely N-dealkylation sites (tertiary alicyclic amines) is 1. The lowest BCUT2D eigenvalue weighted by Gasteiger charge is -2.22. The van der Waals surface area contributed by atoms with Gasteiger partial charge in [0.05, 0.1) is 13.2 Å². The number of rotatable bonds is 8. The van der Waals surface area contributed by atoms with Crippen molar-refractivity contribution < 1.29 is 19.1 Å². The van der Waals surface area contributed by atoms with Gasteiger partial charge in [-0.05, 0) is 25.0 Å². The van der Waals surface area contributed by atoms with Crippen molar-refractivity contribution >= 4 is 17.5 Å². The van der Waals surface area contributed by atoms with Crippen molar-refractivity contribution in [3.05, 3.63) is 24.3 Å². The first-order chi connectivity index (χ1) is 11.1. The third-order valence-corrected chi connectivity index (χ3v) is 3.74. The summed E-state index contributed by atoms with van der Waals surface area (Å²) in [5.74, 6) is 0.136. The smallest absolute Gasteiger partial charge is 0.242 e. The summed E-state index contributed by atoms with van der Waals surface area (Å²) in [6, 6.07) is 6.88. The Morgan fingerprint density at radius 2 is 2.22 bits per heavy atom. The molecule has 0 spiro atoms. The summed E-state index contributed by atoms with van der Waals surface area (Å²) in [6.45, 7) is 1.67. The monoisotopic (exact) mass is 321 g/mol. The summed E-state index contributed by atoms with van der Waals surface area (Å²) in [5.41, 5.74) is 6.11. The van der Waals surface area contributed by atoms with Gasteiger partial charge in [0.25, 0.3) is 0 Å². The van der Waals surface area contributed by atoms with E-state index in [1.54, 1.807) is 12.0 Å². The van der Waals surface area contributed by atoms with Crippen LogP contribution in [0.1, 0.15) is 12.8 Å². The molecule has 2 rings (SSSR count). The molecule has 0 aliphatic carbocycles. The Morgan fingerprint density at radius 3 is 2.96 bits per heavy atom. The number of benzene rings is 1. The molecule has 1 fully saturated rings. The number of anilines is 1. The minimum absolute atomic E-state index is 0.116. The van der Waals surface area contributed by atoms with Crippen LogP contribution in [0, 0.1) is 0 Å². The molecule has 2 amide bonds. The second-order valence-electron chi connectivity index (χ2n) is 5.37. The Bertz CT molecular complexity index is 550. The minimum atomic E-state index is -0.479. The zero-order valence-corrected chi connectivity index (χ0v) is 13.3. The number of nitrogens with one attached hydrogen (secondary N) is 1. The van der Waals surface area contributed by atoms with Gasteiger partial charge in [-0.1, -0.05) is 6.07 Å². The molecule has 23 heavy (non-hydrogen) atoms. The summed E-state index contributed by atoms with van der Waals surface area (Å²) in [7, 11) is 1.62. The van der Waals surface area contributed by atoms with Crippen LogP contribution in [-0.4, -0.2) is 56.2 Å². The number of carbonyl (C=O) groups is 2. The van der Waals surface area contributed by atoms with Gasteiger partial charge in [0.1, 0.15) is 18.4 Å². The van der Waals surface area contributed by atoms with Gasteiger partial charge in [-0.3, -0.25) is 9.59 Å². The van der Waals surface area contributed by atoms with E-state index >= 15 is 0 Å². The number of ether oxygens (including phenoxy) is 2. The van der Waals surface area contributed by atoms with Gasteiger partial charge in [-0.25, -0.2) is 0 Å². The first kappa shape index (κ1) is 17.1. The summed E-state index contributed by atoms with van der Waals surface area (Å²) in [4.78, 5) is 25.1. The average Bonchev–Trinajstić information content (AvgIpc) is 3.03. The number of nitrogens with two attached hydrogens (primary N) is 1. The molecule has 0 aromatic heterocycles. The van der Waals surface area contributed by atoms with Crippen molar-refractivity contribution in [3.8, 4) is 5.75 Å². The third-order valence-electron chi connectivity index (χ3n) is 3.74. The Hall–Kier alpha value is -2.28. The highest BCUT2D eigenvalue weighted by Crippen LogP contribution is 2.19. The Morgan fingerprint density at radius 1 is 1.39 bits per heavy atom. The van der Waals surface area contributed by atoms with Crippen LogP contribution < -0.4 is 15.8 Å². The fraction of sp³-hybridized carbons (Fsp3) is 0.500. The van der Waals surface area contributed by atoms with Crippen LogP contribution in [0.2, 0.25) is 0 Å². The highest BCUT2D eigenvalue weighted by Gasteiger charge is 2.32. The number of hydrogen-bond donors (Lipinski definition) is 2. The van der Waals surface area contributed by atoms with Gasteiger partial charge in [-0.15, -0.1) is 0 Å². The summed E-state index contributed by atoms with van der Waals surface area (Å²) >= 11 is 0. The average molecular weight is 321 g/mol. The Labute approximate surface area is 135 Å². The van der Waals surface area contributed by atoms with Gasteiger partial charge in [0.15, 0.2) is 0 Å². The molecule has 1 saturated heterocycles. The van der Waals surface area contributed by atoms with E-state index in [9.17, 15) is 9.59 Å². The minimum Gasteiger partial charge on any atom is -0.491 e. The zero-order chi connectivity index (χ0) is 16.7. The first-order valence-corrected chi connectivity index (χ1v) is 7.66. The van der Waals surface area contributed by atoms with E-state index in [2.05, 4.69) is 5.32 Å². The number of primary amides is 1. The predicted molar refractivity (Wildman–Crippen MR) is 86.2 cm³/mol. The third kappa shape index (κ3) is 4.85. The standard InChI is InChI=1S/C16H23N3O4/c1-22-8-9-23-13-5-2-4-12(10-13)18-11-15(20)19-7-3-6-14(19)16(17)21/h2,4-5,10,14,18H,3,6-9,11H2,1H3,(H2,17,21)/t14-/m0/s1. The van der Waals surface area contributed by atoms with Crippen molar-refractivity contribution in [2.75, 3.05) is 38.7 Å². The van der Waals surface area contributed by atoms with Crippen molar-refractivity contribution in [1.82, 2.24) is 4.90 Å².